The van der Waals surface area contributed by atoms with Crippen LogP contribution in [0.5, 0.6) is 0 Å². The summed E-state index contributed by atoms with van der Waals surface area (Å²) in [6, 6.07) is 26.3. The van der Waals surface area contributed by atoms with Crippen LogP contribution in [-0.2, 0) is 6.18 Å². The van der Waals surface area contributed by atoms with Gasteiger partial charge in [0.05, 0.1) is 39.6 Å². The average Bonchev–Trinajstić information content (AvgIpc) is 4.23. The highest BCUT2D eigenvalue weighted by Crippen LogP contribution is 2.39. The van der Waals surface area contributed by atoms with Crippen molar-refractivity contribution in [3.8, 4) is 34.2 Å². The van der Waals surface area contributed by atoms with Crippen LogP contribution in [0.15, 0.2) is 104 Å². The van der Waals surface area contributed by atoms with Gasteiger partial charge in [-0.05, 0) is 120 Å². The SMILES string of the molecule is CC(C)(F)CC1CN(c2cccc(-c3[nH]nc4ncccc34)n2)CCN1.CC(C)(O)CC1CN(c2ccc(C(F)(F)F)c(-c3[nH]nc4ncccc34)n2)CCN1.C[C@@H]1CN(c2cccc(-c3[nH]nc4ncccc34)n2)CCN1.[HH]. The third-order valence-electron chi connectivity index (χ3n) is 13.7. The maximum Gasteiger partial charge on any atom is 0.418 e. The normalized spacial score (nSPS) is 18.4. The second kappa shape index (κ2) is 22.7. The van der Waals surface area contributed by atoms with Crippen molar-refractivity contribution in [1.29, 1.82) is 0 Å². The minimum atomic E-state index is -4.56. The number of fused-ring (bicyclic) bond motifs is 3. The number of pyridine rings is 6. The Bertz CT molecular complexity index is 3470. The van der Waals surface area contributed by atoms with E-state index in [4.69, 9.17) is 9.97 Å². The molecule has 12 rings (SSSR count). The molecular weight excluding hydrogens is 1000 g/mol. The fourth-order valence-corrected chi connectivity index (χ4v) is 10.3. The lowest BCUT2D eigenvalue weighted by atomic mass is 9.97. The first-order valence-corrected chi connectivity index (χ1v) is 26.2. The first-order valence-electron chi connectivity index (χ1n) is 26.2. The average molecular weight is 1070 g/mol. The molecule has 0 bridgehead atoms. The number of nitrogens with zero attached hydrogens (tertiary/aromatic N) is 12. The van der Waals surface area contributed by atoms with Gasteiger partial charge in [-0.3, -0.25) is 15.3 Å². The maximum absolute atomic E-state index is 14.0. The fourth-order valence-electron chi connectivity index (χ4n) is 10.3. The molecule has 0 radical (unpaired) electrons. The van der Waals surface area contributed by atoms with Crippen molar-refractivity contribution in [2.24, 2.45) is 0 Å². The Hall–Kier alpha value is -7.73. The maximum atomic E-state index is 14.0. The summed E-state index contributed by atoms with van der Waals surface area (Å²) in [5, 5.41) is 44.0. The Labute approximate surface area is 449 Å². The standard InChI is InChI=1S/C20H23F3N6O.C19H23FN6.C16H18N6.H2/c1-19(2,30)10-12-11-29(9-8-24-12)15-6-5-14(20(21,22)23)17(26-15)16-13-4-3-7-25-18(13)28-27-16;1-19(2,20)11-13-12-26(10-9-21-13)16-7-3-6-15(23-16)17-14-5-4-8-22-18(14)25-24-17;1-11-10-22(9-8-17-11)14-6-2-5-13(19-14)15-12-4-3-7-18-16(12)21-20-15;/h3-7,12,24,30H,8-11H2,1-2H3,(H,25,27,28);3-8,13,21H,9-12H2,1-2H3,(H,22,24,25);2-7,11,17H,8-10H2,1H3,(H,18,20,21);1H/t;;11-;/m..1./s1. The molecule has 3 atom stereocenters. The molecule has 0 amide bonds. The highest BCUT2D eigenvalue weighted by molar-refractivity contribution is 5.92. The molecular formula is C55H66F4N18O. The van der Waals surface area contributed by atoms with E-state index in [9.17, 15) is 22.7 Å². The molecule has 2 unspecified atom stereocenters. The summed E-state index contributed by atoms with van der Waals surface area (Å²) in [6.07, 6.45) is 1.45. The fraction of sp³-hybridized carbons (Fsp3) is 0.400. The summed E-state index contributed by atoms with van der Waals surface area (Å²) in [7, 11) is 0. The van der Waals surface area contributed by atoms with E-state index in [1.165, 1.54) is 12.3 Å². The molecule has 410 valence electrons. The molecule has 3 aliphatic rings. The molecule has 3 fully saturated rings. The lowest BCUT2D eigenvalue weighted by molar-refractivity contribution is -0.137. The molecule has 9 aromatic heterocycles. The number of aliphatic hydroxyl groups is 1. The number of hydrogen-bond acceptors (Lipinski definition) is 16. The van der Waals surface area contributed by atoms with Crippen LogP contribution in [0.2, 0.25) is 0 Å². The number of halogens is 4. The summed E-state index contributed by atoms with van der Waals surface area (Å²) >= 11 is 0. The van der Waals surface area contributed by atoms with Gasteiger partial charge in [-0.1, -0.05) is 12.1 Å². The van der Waals surface area contributed by atoms with Crippen LogP contribution in [0.4, 0.5) is 35.0 Å². The van der Waals surface area contributed by atoms with E-state index in [1.54, 1.807) is 52.2 Å². The quantitative estimate of drug-likeness (QED) is 0.0644. The van der Waals surface area contributed by atoms with Crippen molar-refractivity contribution >= 4 is 50.6 Å². The zero-order chi connectivity index (χ0) is 54.6. The minimum Gasteiger partial charge on any atom is -0.390 e. The van der Waals surface area contributed by atoms with Crippen molar-refractivity contribution in [2.75, 3.05) is 73.6 Å². The van der Waals surface area contributed by atoms with Crippen LogP contribution in [0.3, 0.4) is 0 Å². The van der Waals surface area contributed by atoms with Gasteiger partial charge in [0.25, 0.3) is 0 Å². The number of alkyl halides is 4. The van der Waals surface area contributed by atoms with E-state index < -0.39 is 23.0 Å². The summed E-state index contributed by atoms with van der Waals surface area (Å²) < 4.78 is 55.2. The number of H-pyrrole nitrogens is 3. The monoisotopic (exact) mass is 1070 g/mol. The number of anilines is 3. The predicted molar refractivity (Wildman–Crippen MR) is 297 cm³/mol. The number of piperazine rings is 3. The van der Waals surface area contributed by atoms with Gasteiger partial charge in [0.15, 0.2) is 16.9 Å². The van der Waals surface area contributed by atoms with E-state index in [2.05, 4.69) is 89.3 Å². The van der Waals surface area contributed by atoms with Crippen molar-refractivity contribution in [1.82, 2.24) is 76.4 Å². The predicted octanol–water partition coefficient (Wildman–Crippen LogP) is 7.98. The number of aromatic amines is 3. The summed E-state index contributed by atoms with van der Waals surface area (Å²) in [5.74, 6) is 2.36. The van der Waals surface area contributed by atoms with Gasteiger partial charge in [-0.15, -0.1) is 0 Å². The van der Waals surface area contributed by atoms with Gasteiger partial charge in [-0.25, -0.2) is 34.3 Å². The van der Waals surface area contributed by atoms with Gasteiger partial charge >= 0.3 is 6.18 Å². The van der Waals surface area contributed by atoms with Gasteiger partial charge < -0.3 is 35.8 Å². The van der Waals surface area contributed by atoms with E-state index >= 15 is 0 Å². The van der Waals surface area contributed by atoms with Crippen LogP contribution in [-0.4, -0.2) is 154 Å². The topological polar surface area (TPSA) is 229 Å². The van der Waals surface area contributed by atoms with E-state index in [0.29, 0.717) is 61.0 Å². The zero-order valence-electron chi connectivity index (χ0n) is 44.2. The smallest absolute Gasteiger partial charge is 0.390 e. The molecule has 0 aromatic carbocycles. The molecule has 19 nitrogen and oxygen atoms in total. The molecule has 0 spiro atoms. The van der Waals surface area contributed by atoms with Crippen molar-refractivity contribution in [3.63, 3.8) is 0 Å². The Morgan fingerprint density at radius 1 is 0.538 bits per heavy atom. The zero-order valence-corrected chi connectivity index (χ0v) is 44.2. The first kappa shape index (κ1) is 53.7. The molecule has 12 heterocycles. The summed E-state index contributed by atoms with van der Waals surface area (Å²) in [6.45, 7) is 16.1. The summed E-state index contributed by atoms with van der Waals surface area (Å²) in [4.78, 5) is 33.1. The number of hydrogen-bond donors (Lipinski definition) is 7. The largest absolute Gasteiger partial charge is 0.418 e. The molecule has 7 N–H and O–H groups in total. The van der Waals surface area contributed by atoms with Crippen LogP contribution in [0, 0.1) is 0 Å². The summed E-state index contributed by atoms with van der Waals surface area (Å²) in [5.41, 5.74) is 2.40. The van der Waals surface area contributed by atoms with Gasteiger partial charge in [-0.2, -0.15) is 28.5 Å². The lowest BCUT2D eigenvalue weighted by Crippen LogP contribution is -2.53. The molecule has 0 aliphatic carbocycles. The third kappa shape index (κ3) is 12.8. The second-order valence-corrected chi connectivity index (χ2v) is 21.2. The Morgan fingerprint density at radius 3 is 1.46 bits per heavy atom. The van der Waals surface area contributed by atoms with Crippen LogP contribution in [0.25, 0.3) is 67.3 Å². The molecule has 3 saturated heterocycles. The van der Waals surface area contributed by atoms with Gasteiger partial charge in [0, 0.05) is 113 Å². The molecule has 23 heteroatoms. The van der Waals surface area contributed by atoms with Crippen molar-refractivity contribution in [3.05, 3.63) is 109 Å². The molecule has 78 heavy (non-hydrogen) atoms. The first-order chi connectivity index (χ1) is 37.4. The highest BCUT2D eigenvalue weighted by Gasteiger charge is 2.37. The van der Waals surface area contributed by atoms with E-state index in [0.717, 1.165) is 96.2 Å². The van der Waals surface area contributed by atoms with Crippen LogP contribution in [0.1, 0.15) is 54.5 Å². The number of nitrogens with one attached hydrogen (secondary N) is 6. The lowest BCUT2D eigenvalue weighted by Gasteiger charge is -2.37. The van der Waals surface area contributed by atoms with E-state index in [-0.39, 0.29) is 24.9 Å². The Morgan fingerprint density at radius 2 is 0.987 bits per heavy atom. The second-order valence-electron chi connectivity index (χ2n) is 21.2. The van der Waals surface area contributed by atoms with Gasteiger partial charge in [0.1, 0.15) is 28.8 Å². The molecule has 9 aromatic rings. The van der Waals surface area contributed by atoms with E-state index in [1.807, 2.05) is 59.5 Å². The molecule has 0 saturated carbocycles. The minimum absolute atomic E-state index is 0. The van der Waals surface area contributed by atoms with Crippen molar-refractivity contribution < 1.29 is 24.1 Å². The highest BCUT2D eigenvalue weighted by atomic mass is 19.4. The number of aromatic nitrogens is 12. The van der Waals surface area contributed by atoms with Crippen molar-refractivity contribution in [2.45, 2.75) is 83.0 Å². The third-order valence-corrected chi connectivity index (χ3v) is 13.7. The van der Waals surface area contributed by atoms with Crippen LogP contribution >= 0.6 is 0 Å². The Balaban J connectivity index is 0.000000144. The Kier molecular flexibility index (Phi) is 15.6. The molecule has 3 aliphatic heterocycles. The van der Waals surface area contributed by atoms with Gasteiger partial charge in [0.2, 0.25) is 0 Å². The number of rotatable bonds is 10. The van der Waals surface area contributed by atoms with Crippen LogP contribution < -0.4 is 30.7 Å².